The van der Waals surface area contributed by atoms with E-state index in [1.807, 2.05) is 30.3 Å². The fraction of sp³-hybridized carbons (Fsp3) is 0.412. The van der Waals surface area contributed by atoms with Gasteiger partial charge in [-0.3, -0.25) is 4.79 Å². The van der Waals surface area contributed by atoms with Crippen molar-refractivity contribution in [2.45, 2.75) is 32.6 Å². The number of aryl methyl sites for hydroxylation is 1. The van der Waals surface area contributed by atoms with Crippen molar-refractivity contribution in [3.63, 3.8) is 0 Å². The van der Waals surface area contributed by atoms with Gasteiger partial charge >= 0.3 is 5.97 Å². The van der Waals surface area contributed by atoms with E-state index in [9.17, 15) is 9.59 Å². The quantitative estimate of drug-likeness (QED) is 0.776. The molecule has 0 saturated carbocycles. The number of ether oxygens (including phenoxy) is 1. The van der Waals surface area contributed by atoms with Crippen molar-refractivity contribution < 1.29 is 14.3 Å². The lowest BCUT2D eigenvalue weighted by atomic mass is 9.68. The van der Waals surface area contributed by atoms with E-state index in [1.165, 1.54) is 0 Å². The van der Waals surface area contributed by atoms with Gasteiger partial charge in [0, 0.05) is 16.6 Å². The third kappa shape index (κ3) is 1.98. The predicted octanol–water partition coefficient (Wildman–Crippen LogP) is 3.09. The molecular formula is C17H18O3. The van der Waals surface area contributed by atoms with Crippen LogP contribution in [0.25, 0.3) is 0 Å². The maximum Gasteiger partial charge on any atom is 0.333 e. The van der Waals surface area contributed by atoms with Crippen LogP contribution in [0.1, 0.15) is 42.1 Å². The summed E-state index contributed by atoms with van der Waals surface area (Å²) in [7, 11) is 0. The van der Waals surface area contributed by atoms with E-state index in [4.69, 9.17) is 4.74 Å². The minimum absolute atomic E-state index is 0.190. The third-order valence-electron chi connectivity index (χ3n) is 4.42. The molecule has 1 unspecified atom stereocenters. The summed E-state index contributed by atoms with van der Waals surface area (Å²) in [6.45, 7) is 2.17. The van der Waals surface area contributed by atoms with Gasteiger partial charge in [0.1, 0.15) is 0 Å². The van der Waals surface area contributed by atoms with Crippen molar-refractivity contribution in [2.24, 2.45) is 5.41 Å². The molecule has 0 heterocycles. The number of ketones is 1. The minimum Gasteiger partial charge on any atom is -0.463 e. The van der Waals surface area contributed by atoms with Crippen LogP contribution < -0.4 is 0 Å². The number of Topliss-reactive ketones (excluding diaryl/α,β-unsaturated/α-hetero) is 1. The van der Waals surface area contributed by atoms with Gasteiger partial charge in [-0.05, 0) is 38.2 Å². The van der Waals surface area contributed by atoms with Gasteiger partial charge in [0.05, 0.1) is 6.61 Å². The summed E-state index contributed by atoms with van der Waals surface area (Å²) in [4.78, 5) is 24.6. The van der Waals surface area contributed by atoms with Crippen LogP contribution in [-0.4, -0.2) is 18.4 Å². The van der Waals surface area contributed by atoms with Crippen LogP contribution in [0.15, 0.2) is 35.9 Å². The molecular weight excluding hydrogens is 252 g/mol. The number of fused-ring (bicyclic) bond motifs is 1. The molecule has 1 aromatic carbocycles. The number of benzene rings is 1. The number of hydrogen-bond donors (Lipinski definition) is 0. The predicted molar refractivity (Wildman–Crippen MR) is 75.5 cm³/mol. The smallest absolute Gasteiger partial charge is 0.333 e. The monoisotopic (exact) mass is 270 g/mol. The van der Waals surface area contributed by atoms with Crippen molar-refractivity contribution in [3.8, 4) is 0 Å². The Balaban J connectivity index is 1.84. The Labute approximate surface area is 118 Å². The fourth-order valence-corrected chi connectivity index (χ4v) is 3.30. The van der Waals surface area contributed by atoms with Gasteiger partial charge in [-0.2, -0.15) is 0 Å². The first-order chi connectivity index (χ1) is 9.66. The number of carbonyl (C=O) groups excluding carboxylic acids is 2. The molecule has 2 aliphatic rings. The maximum absolute atomic E-state index is 12.8. The Kier molecular flexibility index (Phi) is 3.20. The Hall–Kier alpha value is -1.90. The second kappa shape index (κ2) is 4.89. The lowest BCUT2D eigenvalue weighted by Crippen LogP contribution is -2.34. The third-order valence-corrected chi connectivity index (χ3v) is 4.42. The summed E-state index contributed by atoms with van der Waals surface area (Å²) in [5.41, 5.74) is 2.22. The highest BCUT2D eigenvalue weighted by molar-refractivity contribution is 6.04. The van der Waals surface area contributed by atoms with Crippen LogP contribution in [0.4, 0.5) is 0 Å². The molecule has 20 heavy (non-hydrogen) atoms. The largest absolute Gasteiger partial charge is 0.463 e. The average Bonchev–Trinajstić information content (AvgIpc) is 2.89. The summed E-state index contributed by atoms with van der Waals surface area (Å²) in [5, 5.41) is 0. The second-order valence-electron chi connectivity index (χ2n) is 5.60. The fourth-order valence-electron chi connectivity index (χ4n) is 3.30. The minimum atomic E-state index is -0.406. The average molecular weight is 270 g/mol. The Morgan fingerprint density at radius 1 is 1.35 bits per heavy atom. The molecule has 0 saturated heterocycles. The Morgan fingerprint density at radius 2 is 2.15 bits per heavy atom. The standard InChI is InChI=1S/C17H18O3/c1-2-20-16(19)13-8-10-17(11-13)9-7-12-5-3-4-6-14(12)15(17)18/h3-6,8H,2,7,9-11H2,1H3. The number of esters is 1. The van der Waals surface area contributed by atoms with E-state index in [2.05, 4.69) is 0 Å². The molecule has 0 aliphatic heterocycles. The van der Waals surface area contributed by atoms with Crippen molar-refractivity contribution >= 4 is 11.8 Å². The highest BCUT2D eigenvalue weighted by Gasteiger charge is 2.46. The molecule has 1 aromatic rings. The molecule has 3 heteroatoms. The number of hydrogen-bond acceptors (Lipinski definition) is 3. The van der Waals surface area contributed by atoms with Gasteiger partial charge in [0.2, 0.25) is 0 Å². The molecule has 0 radical (unpaired) electrons. The van der Waals surface area contributed by atoms with E-state index in [0.717, 1.165) is 24.0 Å². The number of allylic oxidation sites excluding steroid dienone is 1. The van der Waals surface area contributed by atoms with Crippen LogP contribution in [0.5, 0.6) is 0 Å². The molecule has 104 valence electrons. The Bertz CT molecular complexity index is 600. The topological polar surface area (TPSA) is 43.4 Å². The maximum atomic E-state index is 12.8. The summed E-state index contributed by atoms with van der Waals surface area (Å²) in [6, 6.07) is 7.81. The molecule has 0 aromatic heterocycles. The highest BCUT2D eigenvalue weighted by atomic mass is 16.5. The van der Waals surface area contributed by atoms with E-state index in [1.54, 1.807) is 6.92 Å². The van der Waals surface area contributed by atoms with E-state index in [0.29, 0.717) is 25.0 Å². The van der Waals surface area contributed by atoms with Crippen molar-refractivity contribution in [3.05, 3.63) is 47.0 Å². The second-order valence-corrected chi connectivity index (χ2v) is 5.60. The lowest BCUT2D eigenvalue weighted by Gasteiger charge is -2.33. The van der Waals surface area contributed by atoms with Gasteiger partial charge < -0.3 is 4.74 Å². The first kappa shape index (κ1) is 13.1. The normalized spacial score (nSPS) is 24.4. The van der Waals surface area contributed by atoms with Crippen molar-refractivity contribution in [2.75, 3.05) is 6.61 Å². The highest BCUT2D eigenvalue weighted by Crippen LogP contribution is 2.47. The molecule has 0 fully saturated rings. The lowest BCUT2D eigenvalue weighted by molar-refractivity contribution is -0.138. The molecule has 3 rings (SSSR count). The van der Waals surface area contributed by atoms with E-state index >= 15 is 0 Å². The zero-order valence-electron chi connectivity index (χ0n) is 11.6. The van der Waals surface area contributed by atoms with Gasteiger partial charge in [-0.15, -0.1) is 0 Å². The molecule has 0 amide bonds. The van der Waals surface area contributed by atoms with Crippen LogP contribution in [-0.2, 0) is 16.0 Å². The van der Waals surface area contributed by atoms with E-state index < -0.39 is 5.41 Å². The summed E-state index contributed by atoms with van der Waals surface area (Å²) < 4.78 is 5.05. The number of carbonyl (C=O) groups is 2. The van der Waals surface area contributed by atoms with Gasteiger partial charge in [-0.1, -0.05) is 30.3 Å². The first-order valence-electron chi connectivity index (χ1n) is 7.15. The summed E-state index contributed by atoms with van der Waals surface area (Å²) in [5.74, 6) is -0.0778. The summed E-state index contributed by atoms with van der Waals surface area (Å²) >= 11 is 0. The first-order valence-corrected chi connectivity index (χ1v) is 7.15. The van der Waals surface area contributed by atoms with Crippen LogP contribution in [0.2, 0.25) is 0 Å². The molecule has 3 nitrogen and oxygen atoms in total. The molecule has 2 aliphatic carbocycles. The van der Waals surface area contributed by atoms with Crippen LogP contribution in [0.3, 0.4) is 0 Å². The van der Waals surface area contributed by atoms with Crippen LogP contribution in [0, 0.1) is 5.41 Å². The SMILES string of the molecule is CCOC(=O)C1=CCC2(CCc3ccccc3C2=O)C1. The van der Waals surface area contributed by atoms with Gasteiger partial charge in [0.25, 0.3) is 0 Å². The van der Waals surface area contributed by atoms with Gasteiger partial charge in [-0.25, -0.2) is 4.79 Å². The van der Waals surface area contributed by atoms with Gasteiger partial charge in [0.15, 0.2) is 5.78 Å². The van der Waals surface area contributed by atoms with Crippen LogP contribution >= 0.6 is 0 Å². The molecule has 0 bridgehead atoms. The van der Waals surface area contributed by atoms with Crippen molar-refractivity contribution in [1.29, 1.82) is 0 Å². The number of rotatable bonds is 2. The van der Waals surface area contributed by atoms with E-state index in [-0.39, 0.29) is 11.8 Å². The van der Waals surface area contributed by atoms with Crippen molar-refractivity contribution in [1.82, 2.24) is 0 Å². The molecule has 1 spiro atoms. The molecule has 1 atom stereocenters. The molecule has 0 N–H and O–H groups in total. The Morgan fingerprint density at radius 3 is 2.95 bits per heavy atom. The summed E-state index contributed by atoms with van der Waals surface area (Å²) in [6.07, 6.45) is 4.81. The zero-order chi connectivity index (χ0) is 14.2. The zero-order valence-corrected chi connectivity index (χ0v) is 11.6.